The predicted octanol–water partition coefficient (Wildman–Crippen LogP) is 4.28. The minimum Gasteiger partial charge on any atom is -0.451 e. The molecule has 0 saturated heterocycles. The Morgan fingerprint density at radius 2 is 1.78 bits per heavy atom. The van der Waals surface area contributed by atoms with E-state index in [1.807, 2.05) is 30.3 Å². The average molecular weight is 305 g/mol. The van der Waals surface area contributed by atoms with E-state index in [4.69, 9.17) is 4.42 Å². The highest BCUT2D eigenvalue weighted by Gasteiger charge is 2.38. The molecule has 3 aromatic rings. The van der Waals surface area contributed by atoms with E-state index in [0.717, 1.165) is 23.8 Å². The van der Waals surface area contributed by atoms with Crippen molar-refractivity contribution in [2.45, 2.75) is 24.7 Å². The summed E-state index contributed by atoms with van der Waals surface area (Å²) in [5.74, 6) is 0.247. The largest absolute Gasteiger partial charge is 0.451 e. The first-order valence-corrected chi connectivity index (χ1v) is 8.09. The summed E-state index contributed by atoms with van der Waals surface area (Å²) in [5.41, 5.74) is 2.15. The fourth-order valence-electron chi connectivity index (χ4n) is 3.39. The van der Waals surface area contributed by atoms with E-state index in [0.29, 0.717) is 12.3 Å². The zero-order valence-corrected chi connectivity index (χ0v) is 12.9. The Hall–Kier alpha value is -2.55. The molecule has 1 fully saturated rings. The lowest BCUT2D eigenvalue weighted by Crippen LogP contribution is -2.45. The van der Waals surface area contributed by atoms with Crippen LogP contribution in [0.15, 0.2) is 65.1 Å². The van der Waals surface area contributed by atoms with E-state index >= 15 is 0 Å². The first-order chi connectivity index (χ1) is 11.3. The fraction of sp³-hybridized carbons (Fsp3) is 0.250. The van der Waals surface area contributed by atoms with Crippen molar-refractivity contribution in [1.29, 1.82) is 0 Å². The topological polar surface area (TPSA) is 42.2 Å². The van der Waals surface area contributed by atoms with Crippen LogP contribution in [0.1, 0.15) is 35.4 Å². The van der Waals surface area contributed by atoms with Gasteiger partial charge in [-0.25, -0.2) is 0 Å². The normalized spacial score (nSPS) is 16.0. The number of rotatable bonds is 4. The monoisotopic (exact) mass is 305 g/mol. The van der Waals surface area contributed by atoms with E-state index < -0.39 is 0 Å². The van der Waals surface area contributed by atoms with Crippen LogP contribution in [0.25, 0.3) is 11.0 Å². The van der Waals surface area contributed by atoms with E-state index in [1.54, 1.807) is 6.07 Å². The van der Waals surface area contributed by atoms with Crippen LogP contribution in [0.5, 0.6) is 0 Å². The van der Waals surface area contributed by atoms with Gasteiger partial charge in [0.15, 0.2) is 5.76 Å². The van der Waals surface area contributed by atoms with Crippen LogP contribution in [0.4, 0.5) is 0 Å². The molecule has 0 unspecified atom stereocenters. The third-order valence-electron chi connectivity index (χ3n) is 4.93. The number of furan rings is 1. The molecule has 1 aliphatic rings. The van der Waals surface area contributed by atoms with Crippen LogP contribution >= 0.6 is 0 Å². The van der Waals surface area contributed by atoms with Gasteiger partial charge in [0.25, 0.3) is 5.91 Å². The number of fused-ring (bicyclic) bond motifs is 1. The average Bonchev–Trinajstić information content (AvgIpc) is 2.99. The Kier molecular flexibility index (Phi) is 3.41. The fourth-order valence-corrected chi connectivity index (χ4v) is 3.39. The molecule has 0 radical (unpaired) electrons. The van der Waals surface area contributed by atoms with Crippen LogP contribution in [-0.4, -0.2) is 12.5 Å². The lowest BCUT2D eigenvalue weighted by atomic mass is 9.64. The number of carbonyl (C=O) groups is 1. The standard InChI is InChI=1S/C20H19NO2/c22-19(18-13-15-7-4-5-10-17(15)23-18)21-14-20(11-6-12-20)16-8-2-1-3-9-16/h1-5,7-10,13H,6,11-12,14H2,(H,21,22). The maximum atomic E-state index is 12.4. The number of carbonyl (C=O) groups excluding carboxylic acids is 1. The number of hydrogen-bond donors (Lipinski definition) is 1. The molecule has 0 atom stereocenters. The van der Waals surface area contributed by atoms with Gasteiger partial charge in [0.05, 0.1) is 0 Å². The summed E-state index contributed by atoms with van der Waals surface area (Å²) in [6.45, 7) is 0.660. The molecule has 4 rings (SSSR count). The summed E-state index contributed by atoms with van der Waals surface area (Å²) in [6.07, 6.45) is 3.46. The number of hydrogen-bond acceptors (Lipinski definition) is 2. The van der Waals surface area contributed by atoms with Crippen molar-refractivity contribution in [3.8, 4) is 0 Å². The molecule has 23 heavy (non-hydrogen) atoms. The molecule has 0 spiro atoms. The molecule has 1 aliphatic carbocycles. The second kappa shape index (κ2) is 5.58. The molecule has 3 heteroatoms. The van der Waals surface area contributed by atoms with Crippen molar-refractivity contribution >= 4 is 16.9 Å². The quantitative estimate of drug-likeness (QED) is 0.781. The number of benzene rings is 2. The Labute approximate surface area is 135 Å². The molecule has 0 bridgehead atoms. The number of nitrogens with one attached hydrogen (secondary N) is 1. The Morgan fingerprint density at radius 1 is 1.04 bits per heavy atom. The Morgan fingerprint density at radius 3 is 2.48 bits per heavy atom. The predicted molar refractivity (Wildman–Crippen MR) is 90.5 cm³/mol. The summed E-state index contributed by atoms with van der Waals surface area (Å²) in [6, 6.07) is 20.0. The van der Waals surface area contributed by atoms with Crippen molar-refractivity contribution in [2.75, 3.05) is 6.54 Å². The molecule has 116 valence electrons. The molecule has 1 saturated carbocycles. The summed E-state index contributed by atoms with van der Waals surface area (Å²) < 4.78 is 5.64. The maximum Gasteiger partial charge on any atom is 0.287 e. The lowest BCUT2D eigenvalue weighted by Gasteiger charge is -2.42. The van der Waals surface area contributed by atoms with E-state index in [2.05, 4.69) is 29.6 Å². The van der Waals surface area contributed by atoms with Crippen LogP contribution in [0, 0.1) is 0 Å². The third-order valence-corrected chi connectivity index (χ3v) is 4.93. The lowest BCUT2D eigenvalue weighted by molar-refractivity contribution is 0.0902. The van der Waals surface area contributed by atoms with Gasteiger partial charge in [-0.1, -0.05) is 55.0 Å². The molecule has 1 N–H and O–H groups in total. The number of amides is 1. The SMILES string of the molecule is O=C(NCC1(c2ccccc2)CCC1)c1cc2ccccc2o1. The van der Waals surface area contributed by atoms with Gasteiger partial charge >= 0.3 is 0 Å². The first kappa shape index (κ1) is 14.1. The summed E-state index contributed by atoms with van der Waals surface area (Å²) in [5, 5.41) is 4.03. The molecule has 1 aromatic heterocycles. The van der Waals surface area contributed by atoms with E-state index in [-0.39, 0.29) is 11.3 Å². The van der Waals surface area contributed by atoms with Gasteiger partial charge in [-0.05, 0) is 30.5 Å². The smallest absolute Gasteiger partial charge is 0.287 e. The van der Waals surface area contributed by atoms with Crippen molar-refractivity contribution in [1.82, 2.24) is 5.32 Å². The zero-order chi connectivity index (χ0) is 15.7. The minimum absolute atomic E-state index is 0.0862. The molecular weight excluding hydrogens is 286 g/mol. The second-order valence-electron chi connectivity index (χ2n) is 6.33. The van der Waals surface area contributed by atoms with Gasteiger partial charge in [0.2, 0.25) is 0 Å². The van der Waals surface area contributed by atoms with Crippen molar-refractivity contribution in [3.05, 3.63) is 72.0 Å². The van der Waals surface area contributed by atoms with E-state index in [9.17, 15) is 4.79 Å². The summed E-state index contributed by atoms with van der Waals surface area (Å²) >= 11 is 0. The first-order valence-electron chi connectivity index (χ1n) is 8.09. The van der Waals surface area contributed by atoms with E-state index in [1.165, 1.54) is 12.0 Å². The highest BCUT2D eigenvalue weighted by atomic mass is 16.3. The van der Waals surface area contributed by atoms with Crippen molar-refractivity contribution in [2.24, 2.45) is 0 Å². The maximum absolute atomic E-state index is 12.4. The number of para-hydroxylation sites is 1. The minimum atomic E-state index is -0.136. The molecule has 3 nitrogen and oxygen atoms in total. The summed E-state index contributed by atoms with van der Waals surface area (Å²) in [7, 11) is 0. The van der Waals surface area contributed by atoms with Crippen LogP contribution in [0.2, 0.25) is 0 Å². The summed E-state index contributed by atoms with van der Waals surface area (Å²) in [4.78, 5) is 12.4. The van der Waals surface area contributed by atoms with Crippen LogP contribution < -0.4 is 5.32 Å². The molecule has 2 aromatic carbocycles. The van der Waals surface area contributed by atoms with Crippen molar-refractivity contribution < 1.29 is 9.21 Å². The van der Waals surface area contributed by atoms with Crippen LogP contribution in [0.3, 0.4) is 0 Å². The van der Waals surface area contributed by atoms with Crippen molar-refractivity contribution in [3.63, 3.8) is 0 Å². The van der Waals surface area contributed by atoms with Gasteiger partial charge in [0, 0.05) is 17.3 Å². The third kappa shape index (κ3) is 2.52. The second-order valence-corrected chi connectivity index (χ2v) is 6.33. The zero-order valence-electron chi connectivity index (χ0n) is 12.9. The highest BCUT2D eigenvalue weighted by Crippen LogP contribution is 2.43. The van der Waals surface area contributed by atoms with Gasteiger partial charge in [-0.2, -0.15) is 0 Å². The molecule has 1 amide bonds. The highest BCUT2D eigenvalue weighted by molar-refractivity contribution is 5.96. The van der Waals surface area contributed by atoms with Gasteiger partial charge in [-0.15, -0.1) is 0 Å². The Balaban J connectivity index is 1.50. The van der Waals surface area contributed by atoms with Gasteiger partial charge < -0.3 is 9.73 Å². The van der Waals surface area contributed by atoms with Gasteiger partial charge in [0.1, 0.15) is 5.58 Å². The molecule has 0 aliphatic heterocycles. The van der Waals surface area contributed by atoms with Crippen LogP contribution in [-0.2, 0) is 5.41 Å². The Bertz CT molecular complexity index is 798. The van der Waals surface area contributed by atoms with Gasteiger partial charge in [-0.3, -0.25) is 4.79 Å². The molecule has 1 heterocycles. The molecular formula is C20H19NO2.